The third-order valence-electron chi connectivity index (χ3n) is 0.453. The minimum atomic E-state index is -0.598. The van der Waals surface area contributed by atoms with Crippen LogP contribution < -0.4 is 0 Å². The zero-order valence-corrected chi connectivity index (χ0v) is 5.15. The Morgan fingerprint density at radius 3 is 2.43 bits per heavy atom. The van der Waals surface area contributed by atoms with Crippen molar-refractivity contribution in [3.63, 3.8) is 0 Å². The molecule has 0 aliphatic rings. The molecule has 0 aromatic heterocycles. The molecule has 1 nitrogen and oxygen atoms in total. The number of alkyl halides is 1. The molecule has 0 bridgehead atoms. The van der Waals surface area contributed by atoms with Gasteiger partial charge in [-0.25, -0.2) is 0 Å². The van der Waals surface area contributed by atoms with Crippen LogP contribution in [-0.4, -0.2) is 17.1 Å². The Bertz CT molecular complexity index is 62.7. The van der Waals surface area contributed by atoms with E-state index in [4.69, 9.17) is 28.3 Å². The molecule has 0 spiro atoms. The van der Waals surface area contributed by atoms with Crippen LogP contribution in [0.15, 0.2) is 11.6 Å². The van der Waals surface area contributed by atoms with E-state index in [9.17, 15) is 0 Å². The second kappa shape index (κ2) is 4.44. The molecule has 7 heavy (non-hydrogen) atoms. The van der Waals surface area contributed by atoms with Crippen LogP contribution in [0.5, 0.6) is 0 Å². The number of aliphatic hydroxyl groups is 1. The Balaban J connectivity index is 3.16. The predicted molar refractivity (Wildman–Crippen MR) is 31.7 cm³/mol. The molecule has 0 aromatic rings. The predicted octanol–water partition coefficient (Wildman–Crippen LogP) is 1.34. The fourth-order valence-electron chi connectivity index (χ4n) is 0.135. The third kappa shape index (κ3) is 4.13. The summed E-state index contributed by atoms with van der Waals surface area (Å²) in [6.45, 7) is 0. The molecule has 0 amide bonds. The Morgan fingerprint density at radius 1 is 1.71 bits per heavy atom. The molecule has 0 aromatic carbocycles. The van der Waals surface area contributed by atoms with Gasteiger partial charge in [-0.05, 0) is 6.08 Å². The minimum absolute atomic E-state index is 0.198. The summed E-state index contributed by atoms with van der Waals surface area (Å²) >= 11 is 10.2. The lowest BCUT2D eigenvalue weighted by Crippen LogP contribution is -2.01. The molecule has 0 aliphatic carbocycles. The minimum Gasteiger partial charge on any atom is -0.388 e. The van der Waals surface area contributed by atoms with E-state index in [-0.39, 0.29) is 5.88 Å². The lowest BCUT2D eigenvalue weighted by molar-refractivity contribution is 0.247. The van der Waals surface area contributed by atoms with Gasteiger partial charge in [-0.1, -0.05) is 11.6 Å². The first kappa shape index (κ1) is 7.28. The molecule has 0 saturated heterocycles. The zero-order valence-electron chi connectivity index (χ0n) is 3.64. The van der Waals surface area contributed by atoms with Crippen molar-refractivity contribution in [3.8, 4) is 0 Å². The Kier molecular flexibility index (Phi) is 4.62. The molecule has 1 N–H and O–H groups in total. The lowest BCUT2D eigenvalue weighted by Gasteiger charge is -1.92. The van der Waals surface area contributed by atoms with Gasteiger partial charge >= 0.3 is 0 Å². The summed E-state index contributed by atoms with van der Waals surface area (Å²) < 4.78 is 0. The Morgan fingerprint density at radius 2 is 2.29 bits per heavy atom. The van der Waals surface area contributed by atoms with Crippen LogP contribution >= 0.6 is 23.2 Å². The second-order valence-corrected chi connectivity index (χ2v) is 1.60. The summed E-state index contributed by atoms with van der Waals surface area (Å²) in [5.74, 6) is 0.198. The smallest absolute Gasteiger partial charge is 0.0867 e. The molecular formula is C4H6Cl2O. The number of hydrogen-bond acceptors (Lipinski definition) is 1. The number of halogens is 2. The van der Waals surface area contributed by atoms with Gasteiger partial charge in [0, 0.05) is 5.54 Å². The van der Waals surface area contributed by atoms with Crippen molar-refractivity contribution in [2.45, 2.75) is 6.10 Å². The average Bonchev–Trinajstić information content (AvgIpc) is 1.68. The van der Waals surface area contributed by atoms with Crippen molar-refractivity contribution in [2.75, 3.05) is 5.88 Å². The maximum Gasteiger partial charge on any atom is 0.0867 e. The molecule has 0 rings (SSSR count). The lowest BCUT2D eigenvalue weighted by atomic mass is 10.4. The summed E-state index contributed by atoms with van der Waals surface area (Å²) in [4.78, 5) is 0. The fourth-order valence-corrected chi connectivity index (χ4v) is 0.406. The highest BCUT2D eigenvalue weighted by molar-refractivity contribution is 6.25. The molecule has 0 radical (unpaired) electrons. The third-order valence-corrected chi connectivity index (χ3v) is 0.915. The molecule has 1 unspecified atom stereocenters. The molecule has 0 heterocycles. The van der Waals surface area contributed by atoms with Gasteiger partial charge in [0.25, 0.3) is 0 Å². The SMILES string of the molecule is OC(/C=C/Cl)CCl. The molecule has 3 heteroatoms. The van der Waals surface area contributed by atoms with E-state index in [1.165, 1.54) is 11.6 Å². The molecule has 0 fully saturated rings. The monoisotopic (exact) mass is 140 g/mol. The van der Waals surface area contributed by atoms with Crippen LogP contribution in [0.3, 0.4) is 0 Å². The van der Waals surface area contributed by atoms with Gasteiger partial charge in [0.15, 0.2) is 0 Å². The van der Waals surface area contributed by atoms with Crippen LogP contribution in [0.2, 0.25) is 0 Å². The average molecular weight is 141 g/mol. The molecular weight excluding hydrogens is 135 g/mol. The Labute approximate surface area is 52.5 Å². The maximum absolute atomic E-state index is 8.55. The summed E-state index contributed by atoms with van der Waals surface area (Å²) in [6, 6.07) is 0. The first-order valence-corrected chi connectivity index (χ1v) is 2.79. The van der Waals surface area contributed by atoms with Crippen molar-refractivity contribution >= 4 is 23.2 Å². The maximum atomic E-state index is 8.55. The van der Waals surface area contributed by atoms with Crippen LogP contribution in [0.25, 0.3) is 0 Å². The normalized spacial score (nSPS) is 15.3. The fraction of sp³-hybridized carbons (Fsp3) is 0.500. The highest BCUT2D eigenvalue weighted by Gasteiger charge is 1.90. The summed E-state index contributed by atoms with van der Waals surface area (Å²) in [6.07, 6.45) is 0.813. The topological polar surface area (TPSA) is 20.2 Å². The van der Waals surface area contributed by atoms with E-state index in [2.05, 4.69) is 0 Å². The van der Waals surface area contributed by atoms with Crippen molar-refractivity contribution in [2.24, 2.45) is 0 Å². The zero-order chi connectivity index (χ0) is 5.70. The first-order chi connectivity index (χ1) is 3.31. The molecule has 0 aliphatic heterocycles. The van der Waals surface area contributed by atoms with Crippen LogP contribution in [0, 0.1) is 0 Å². The van der Waals surface area contributed by atoms with E-state index >= 15 is 0 Å². The van der Waals surface area contributed by atoms with Gasteiger partial charge in [0.1, 0.15) is 0 Å². The van der Waals surface area contributed by atoms with Gasteiger partial charge in [0.2, 0.25) is 0 Å². The quantitative estimate of drug-likeness (QED) is 0.575. The summed E-state index contributed by atoms with van der Waals surface area (Å²) in [5, 5.41) is 8.55. The van der Waals surface area contributed by atoms with Gasteiger partial charge in [-0.15, -0.1) is 11.6 Å². The van der Waals surface area contributed by atoms with E-state index in [1.54, 1.807) is 0 Å². The summed E-state index contributed by atoms with van der Waals surface area (Å²) in [5.41, 5.74) is 1.24. The van der Waals surface area contributed by atoms with Crippen LogP contribution in [0.1, 0.15) is 0 Å². The van der Waals surface area contributed by atoms with Crippen LogP contribution in [-0.2, 0) is 0 Å². The van der Waals surface area contributed by atoms with Crippen molar-refractivity contribution in [1.29, 1.82) is 0 Å². The number of hydrogen-bond donors (Lipinski definition) is 1. The van der Waals surface area contributed by atoms with Crippen molar-refractivity contribution < 1.29 is 5.11 Å². The summed E-state index contributed by atoms with van der Waals surface area (Å²) in [7, 11) is 0. The molecule has 42 valence electrons. The van der Waals surface area contributed by atoms with Gasteiger partial charge < -0.3 is 5.11 Å². The van der Waals surface area contributed by atoms with Gasteiger partial charge in [-0.2, -0.15) is 0 Å². The van der Waals surface area contributed by atoms with E-state index in [0.29, 0.717) is 0 Å². The van der Waals surface area contributed by atoms with Crippen LogP contribution in [0.4, 0.5) is 0 Å². The number of rotatable bonds is 2. The largest absolute Gasteiger partial charge is 0.388 e. The van der Waals surface area contributed by atoms with Crippen molar-refractivity contribution in [1.82, 2.24) is 0 Å². The van der Waals surface area contributed by atoms with E-state index in [1.807, 2.05) is 0 Å². The highest BCUT2D eigenvalue weighted by Crippen LogP contribution is 1.89. The van der Waals surface area contributed by atoms with Crippen molar-refractivity contribution in [3.05, 3.63) is 11.6 Å². The van der Waals surface area contributed by atoms with E-state index < -0.39 is 6.10 Å². The Hall–Kier alpha value is 0.280. The first-order valence-electron chi connectivity index (χ1n) is 1.82. The van der Waals surface area contributed by atoms with E-state index in [0.717, 1.165) is 0 Å². The second-order valence-electron chi connectivity index (χ2n) is 1.04. The standard InChI is InChI=1S/C4H6Cl2O/c5-2-1-4(7)3-6/h1-2,4,7H,3H2/b2-1+. The highest BCUT2D eigenvalue weighted by atomic mass is 35.5. The van der Waals surface area contributed by atoms with Gasteiger partial charge in [0.05, 0.1) is 12.0 Å². The molecule has 1 atom stereocenters. The molecule has 0 saturated carbocycles. The van der Waals surface area contributed by atoms with Gasteiger partial charge in [-0.3, -0.25) is 0 Å². The number of aliphatic hydroxyl groups excluding tert-OH is 1.